The molecule has 1 aromatic heterocycles. The fraction of sp³-hybridized carbons (Fsp3) is 0.143. The van der Waals surface area contributed by atoms with Crippen LogP contribution in [0.5, 0.6) is 0 Å². The highest BCUT2D eigenvalue weighted by Crippen LogP contribution is 2.40. The largest absolute Gasteiger partial charge is 0.416 e. The zero-order chi connectivity index (χ0) is 21.6. The lowest BCUT2D eigenvalue weighted by molar-refractivity contribution is -0.137. The molecule has 0 unspecified atom stereocenters. The van der Waals surface area contributed by atoms with Gasteiger partial charge in [-0.3, -0.25) is 14.5 Å². The second-order valence-electron chi connectivity index (χ2n) is 6.87. The summed E-state index contributed by atoms with van der Waals surface area (Å²) < 4.78 is 53.5. The number of carbonyl (C=O) groups excluding carboxylic acids is 1. The number of alkyl halides is 3. The summed E-state index contributed by atoms with van der Waals surface area (Å²) in [6, 6.07) is 9.52. The van der Waals surface area contributed by atoms with Crippen molar-refractivity contribution in [3.05, 3.63) is 87.6 Å². The van der Waals surface area contributed by atoms with E-state index in [9.17, 15) is 27.2 Å². The average Bonchev–Trinajstić information content (AvgIpc) is 2.69. The van der Waals surface area contributed by atoms with Crippen LogP contribution in [0.3, 0.4) is 0 Å². The van der Waals surface area contributed by atoms with Crippen LogP contribution in [0.2, 0.25) is 0 Å². The van der Waals surface area contributed by atoms with Gasteiger partial charge in [-0.25, -0.2) is 4.39 Å². The normalized spacial score (nSPS) is 14.1. The van der Waals surface area contributed by atoms with Crippen LogP contribution in [0.4, 0.5) is 34.6 Å². The molecule has 0 radical (unpaired) electrons. The number of anilines is 3. The third kappa shape index (κ3) is 3.42. The summed E-state index contributed by atoms with van der Waals surface area (Å²) in [4.78, 5) is 29.7. The molecule has 1 amide bonds. The van der Waals surface area contributed by atoms with Gasteiger partial charge in [0.1, 0.15) is 12.5 Å². The summed E-state index contributed by atoms with van der Waals surface area (Å²) in [5.41, 5.74) is 0.207. The smallest absolute Gasteiger partial charge is 0.327 e. The monoisotopic (exact) mass is 417 g/mol. The molecule has 1 aliphatic rings. The zero-order valence-corrected chi connectivity index (χ0v) is 15.6. The Kier molecular flexibility index (Phi) is 4.60. The molecule has 9 heteroatoms. The van der Waals surface area contributed by atoms with Crippen molar-refractivity contribution in [1.82, 2.24) is 4.98 Å². The van der Waals surface area contributed by atoms with Crippen LogP contribution >= 0.6 is 0 Å². The fourth-order valence-corrected chi connectivity index (χ4v) is 3.44. The van der Waals surface area contributed by atoms with E-state index in [1.807, 2.05) is 0 Å². The van der Waals surface area contributed by atoms with Crippen molar-refractivity contribution in [1.29, 1.82) is 0 Å². The van der Waals surface area contributed by atoms with E-state index < -0.39 is 23.5 Å². The van der Waals surface area contributed by atoms with Crippen molar-refractivity contribution in [3.63, 3.8) is 0 Å². The van der Waals surface area contributed by atoms with Gasteiger partial charge in [0.05, 0.1) is 22.5 Å². The van der Waals surface area contributed by atoms with Crippen molar-refractivity contribution in [3.8, 4) is 0 Å². The van der Waals surface area contributed by atoms with Crippen LogP contribution in [0.25, 0.3) is 0 Å². The molecule has 30 heavy (non-hydrogen) atoms. The molecule has 0 saturated heterocycles. The first-order valence-electron chi connectivity index (χ1n) is 8.91. The fourth-order valence-electron chi connectivity index (χ4n) is 3.44. The molecule has 0 bridgehead atoms. The van der Waals surface area contributed by atoms with Gasteiger partial charge < -0.3 is 9.88 Å². The number of hydrogen-bond acceptors (Lipinski definition) is 3. The van der Waals surface area contributed by atoms with Crippen LogP contribution in [0, 0.1) is 12.7 Å². The van der Waals surface area contributed by atoms with E-state index in [0.29, 0.717) is 16.9 Å². The minimum atomic E-state index is -4.59. The number of carbonyl (C=O) groups is 1. The van der Waals surface area contributed by atoms with Crippen LogP contribution < -0.4 is 15.4 Å². The summed E-state index contributed by atoms with van der Waals surface area (Å²) in [5, 5.41) is 0. The first kappa shape index (κ1) is 19.7. The van der Waals surface area contributed by atoms with Crippen molar-refractivity contribution in [2.24, 2.45) is 0 Å². The number of fused-ring (bicyclic) bond motifs is 1. The highest BCUT2D eigenvalue weighted by atomic mass is 19.4. The average molecular weight is 417 g/mol. The predicted molar refractivity (Wildman–Crippen MR) is 103 cm³/mol. The van der Waals surface area contributed by atoms with E-state index >= 15 is 0 Å². The molecule has 2 heterocycles. The Morgan fingerprint density at radius 2 is 1.70 bits per heavy atom. The van der Waals surface area contributed by atoms with Gasteiger partial charge in [0.25, 0.3) is 5.91 Å². The minimum Gasteiger partial charge on any atom is -0.327 e. The molecule has 5 nitrogen and oxygen atoms in total. The van der Waals surface area contributed by atoms with Crippen LogP contribution in [-0.2, 0) is 6.18 Å². The molecular formula is C21H15F4N3O2. The van der Waals surface area contributed by atoms with Gasteiger partial charge >= 0.3 is 6.18 Å². The molecular weight excluding hydrogens is 402 g/mol. The number of aromatic nitrogens is 1. The topological polar surface area (TPSA) is 56.4 Å². The van der Waals surface area contributed by atoms with Gasteiger partial charge in [-0.1, -0.05) is 0 Å². The maximum atomic E-state index is 13.6. The number of halogens is 4. The first-order chi connectivity index (χ1) is 14.1. The molecule has 2 aromatic carbocycles. The van der Waals surface area contributed by atoms with Gasteiger partial charge in [0.2, 0.25) is 5.56 Å². The van der Waals surface area contributed by atoms with Crippen molar-refractivity contribution in [2.45, 2.75) is 13.1 Å². The molecule has 0 atom stereocenters. The Hall–Kier alpha value is -3.62. The number of hydrogen-bond donors (Lipinski definition) is 1. The van der Waals surface area contributed by atoms with E-state index in [0.717, 1.165) is 18.2 Å². The summed E-state index contributed by atoms with van der Waals surface area (Å²) >= 11 is 0. The highest BCUT2D eigenvalue weighted by Gasteiger charge is 2.36. The standard InChI is InChI=1S/C21H15F4N3O2/c1-12-8-14(22)3-6-17(12)28-11-27(15-4-7-19(29)26-10-15)20(30)16-5-2-13(9-18(16)28)21(23,24)25/h2-10H,11H2,1H3,(H,26,29). The lowest BCUT2D eigenvalue weighted by atomic mass is 10.0. The molecule has 1 aliphatic heterocycles. The quantitative estimate of drug-likeness (QED) is 0.621. The molecule has 0 aliphatic carbocycles. The van der Waals surface area contributed by atoms with Gasteiger partial charge in [0, 0.05) is 18.0 Å². The lowest BCUT2D eigenvalue weighted by Crippen LogP contribution is -2.45. The number of aromatic amines is 1. The Labute approximate surface area is 168 Å². The number of rotatable bonds is 2. The van der Waals surface area contributed by atoms with Gasteiger partial charge in [0.15, 0.2) is 0 Å². The lowest BCUT2D eigenvalue weighted by Gasteiger charge is -2.39. The zero-order valence-electron chi connectivity index (χ0n) is 15.6. The molecule has 0 saturated carbocycles. The third-order valence-corrected chi connectivity index (χ3v) is 4.90. The highest BCUT2D eigenvalue weighted by molar-refractivity contribution is 6.12. The molecule has 0 fully saturated rings. The molecule has 154 valence electrons. The number of nitrogens with one attached hydrogen (secondary N) is 1. The van der Waals surface area contributed by atoms with E-state index in [1.54, 1.807) is 6.92 Å². The van der Waals surface area contributed by atoms with E-state index in [-0.39, 0.29) is 23.5 Å². The molecule has 0 spiro atoms. The molecule has 1 N–H and O–H groups in total. The summed E-state index contributed by atoms with van der Waals surface area (Å²) in [5.74, 6) is -0.993. The van der Waals surface area contributed by atoms with E-state index in [4.69, 9.17) is 0 Å². The first-order valence-corrected chi connectivity index (χ1v) is 8.91. The number of nitrogens with zero attached hydrogens (tertiary/aromatic N) is 2. The second-order valence-corrected chi connectivity index (χ2v) is 6.87. The van der Waals surface area contributed by atoms with Crippen LogP contribution in [0.1, 0.15) is 21.5 Å². The Morgan fingerprint density at radius 3 is 2.33 bits per heavy atom. The molecule has 3 aromatic rings. The number of amides is 1. The van der Waals surface area contributed by atoms with Gasteiger partial charge in [-0.15, -0.1) is 0 Å². The Morgan fingerprint density at radius 1 is 0.933 bits per heavy atom. The SMILES string of the molecule is Cc1cc(F)ccc1N1CN(c2ccc(=O)[nH]c2)C(=O)c2ccc(C(F)(F)F)cc21. The third-order valence-electron chi connectivity index (χ3n) is 4.90. The molecule has 4 rings (SSSR count). The van der Waals surface area contributed by atoms with Gasteiger partial charge in [-0.2, -0.15) is 13.2 Å². The van der Waals surface area contributed by atoms with E-state index in [2.05, 4.69) is 4.98 Å². The van der Waals surface area contributed by atoms with E-state index in [1.165, 1.54) is 46.3 Å². The van der Waals surface area contributed by atoms with Crippen molar-refractivity contribution < 1.29 is 22.4 Å². The predicted octanol–water partition coefficient (Wildman–Crippen LogP) is 4.60. The summed E-state index contributed by atoms with van der Waals surface area (Å²) in [7, 11) is 0. The van der Waals surface area contributed by atoms with Crippen molar-refractivity contribution in [2.75, 3.05) is 16.5 Å². The van der Waals surface area contributed by atoms with Crippen molar-refractivity contribution >= 4 is 23.0 Å². The summed E-state index contributed by atoms with van der Waals surface area (Å²) in [6.45, 7) is 1.51. The number of benzene rings is 2. The number of H-pyrrole nitrogens is 1. The summed E-state index contributed by atoms with van der Waals surface area (Å²) in [6.07, 6.45) is -3.23. The maximum Gasteiger partial charge on any atom is 0.416 e. The Bertz CT molecular complexity index is 1180. The Balaban J connectivity index is 1.90. The minimum absolute atomic E-state index is 0.0594. The van der Waals surface area contributed by atoms with Crippen LogP contribution in [0.15, 0.2) is 59.5 Å². The second kappa shape index (κ2) is 7.01. The number of aryl methyl sites for hydroxylation is 1. The van der Waals surface area contributed by atoms with Gasteiger partial charge in [-0.05, 0) is 55.0 Å². The number of pyridine rings is 1. The van der Waals surface area contributed by atoms with Crippen LogP contribution in [-0.4, -0.2) is 17.6 Å². The maximum absolute atomic E-state index is 13.6.